The second kappa shape index (κ2) is 9.92. The molecule has 1 aromatic rings. The van der Waals surface area contributed by atoms with E-state index in [-0.39, 0.29) is 11.8 Å². The Labute approximate surface area is 133 Å². The summed E-state index contributed by atoms with van der Waals surface area (Å²) in [5.74, 6) is 0.123. The molecule has 22 heavy (non-hydrogen) atoms. The second-order valence-corrected chi connectivity index (χ2v) is 5.53. The highest BCUT2D eigenvalue weighted by Crippen LogP contribution is 2.02. The molecule has 5 nitrogen and oxygen atoms in total. The number of hydrogen-bond acceptors (Lipinski definition) is 3. The monoisotopic (exact) mass is 305 g/mol. The van der Waals surface area contributed by atoms with Gasteiger partial charge >= 0.3 is 0 Å². The molecule has 1 aromatic heterocycles. The van der Waals surface area contributed by atoms with Crippen molar-refractivity contribution in [2.24, 2.45) is 0 Å². The average Bonchev–Trinajstić information content (AvgIpc) is 2.53. The Morgan fingerprint density at radius 1 is 1.14 bits per heavy atom. The minimum Gasteiger partial charge on any atom is -0.345 e. The molecule has 0 aliphatic heterocycles. The van der Waals surface area contributed by atoms with Crippen molar-refractivity contribution in [3.63, 3.8) is 0 Å². The van der Waals surface area contributed by atoms with Crippen LogP contribution in [0.5, 0.6) is 0 Å². The van der Waals surface area contributed by atoms with Gasteiger partial charge in [0.2, 0.25) is 11.8 Å². The zero-order chi connectivity index (χ0) is 16.4. The quantitative estimate of drug-likeness (QED) is 0.702. The van der Waals surface area contributed by atoms with Crippen LogP contribution in [-0.4, -0.2) is 53.3 Å². The van der Waals surface area contributed by atoms with Gasteiger partial charge in [-0.3, -0.25) is 14.6 Å². The van der Waals surface area contributed by atoms with Crippen LogP contribution in [0.1, 0.15) is 38.7 Å². The number of hydrogen-bond donors (Lipinski definition) is 0. The van der Waals surface area contributed by atoms with Gasteiger partial charge in [-0.1, -0.05) is 13.3 Å². The molecule has 0 saturated heterocycles. The lowest BCUT2D eigenvalue weighted by atomic mass is 10.2. The molecule has 0 aliphatic rings. The largest absolute Gasteiger partial charge is 0.345 e. The minimum atomic E-state index is 0.0423. The molecule has 122 valence electrons. The summed E-state index contributed by atoms with van der Waals surface area (Å²) in [7, 11) is 1.81. The summed E-state index contributed by atoms with van der Waals surface area (Å²) >= 11 is 0. The fraction of sp³-hybridized carbons (Fsp3) is 0.588. The zero-order valence-electron chi connectivity index (χ0n) is 13.9. The highest BCUT2D eigenvalue weighted by Gasteiger charge is 2.13. The molecule has 0 aliphatic carbocycles. The van der Waals surface area contributed by atoms with Crippen LogP contribution >= 0.6 is 0 Å². The Bertz CT molecular complexity index is 462. The smallest absolute Gasteiger partial charge is 0.224 e. The predicted octanol–water partition coefficient (Wildman–Crippen LogP) is 2.12. The van der Waals surface area contributed by atoms with E-state index in [1.165, 1.54) is 5.56 Å². The number of rotatable bonds is 9. The average molecular weight is 305 g/mol. The summed E-state index contributed by atoms with van der Waals surface area (Å²) < 4.78 is 0. The van der Waals surface area contributed by atoms with E-state index in [9.17, 15) is 9.59 Å². The van der Waals surface area contributed by atoms with Crippen molar-refractivity contribution in [1.29, 1.82) is 0 Å². The summed E-state index contributed by atoms with van der Waals surface area (Å²) in [6.45, 7) is 5.58. The van der Waals surface area contributed by atoms with Gasteiger partial charge in [-0.2, -0.15) is 0 Å². The predicted molar refractivity (Wildman–Crippen MR) is 87.4 cm³/mol. The lowest BCUT2D eigenvalue weighted by Crippen LogP contribution is -2.35. The van der Waals surface area contributed by atoms with Gasteiger partial charge in [0, 0.05) is 52.4 Å². The number of carbonyl (C=O) groups is 2. The Morgan fingerprint density at radius 3 is 2.41 bits per heavy atom. The zero-order valence-corrected chi connectivity index (χ0v) is 13.9. The topological polar surface area (TPSA) is 53.5 Å². The number of unbranched alkanes of at least 4 members (excludes halogenated alkanes) is 1. The van der Waals surface area contributed by atoms with Crippen molar-refractivity contribution in [1.82, 2.24) is 14.8 Å². The van der Waals surface area contributed by atoms with Crippen LogP contribution in [0.3, 0.4) is 0 Å². The van der Waals surface area contributed by atoms with Gasteiger partial charge < -0.3 is 9.80 Å². The van der Waals surface area contributed by atoms with Crippen molar-refractivity contribution >= 4 is 11.8 Å². The normalized spacial score (nSPS) is 10.3. The molecular weight excluding hydrogens is 278 g/mol. The molecule has 0 fully saturated rings. The molecule has 0 saturated carbocycles. The molecule has 0 bridgehead atoms. The molecule has 0 aromatic carbocycles. The van der Waals surface area contributed by atoms with Crippen LogP contribution < -0.4 is 0 Å². The maximum Gasteiger partial charge on any atom is 0.224 e. The summed E-state index contributed by atoms with van der Waals surface area (Å²) in [6.07, 6.45) is 6.74. The van der Waals surface area contributed by atoms with Crippen molar-refractivity contribution in [2.75, 3.05) is 26.7 Å². The summed E-state index contributed by atoms with van der Waals surface area (Å²) in [5.41, 5.74) is 1.17. The Kier molecular flexibility index (Phi) is 8.18. The Balaban J connectivity index is 2.35. The number of likely N-dealkylation sites (N-methyl/N-ethyl adjacent to an activating group) is 1. The van der Waals surface area contributed by atoms with E-state index >= 15 is 0 Å². The molecule has 1 heterocycles. The van der Waals surface area contributed by atoms with E-state index in [1.807, 2.05) is 19.2 Å². The SMILES string of the molecule is CCCCN(CCC(=O)N(C)CCc1ccncc1)C(C)=O. The van der Waals surface area contributed by atoms with Gasteiger partial charge in [-0.15, -0.1) is 0 Å². The molecular formula is C17H27N3O2. The molecule has 2 amide bonds. The van der Waals surface area contributed by atoms with Crippen LogP contribution in [-0.2, 0) is 16.0 Å². The molecule has 0 spiro atoms. The highest BCUT2D eigenvalue weighted by atomic mass is 16.2. The minimum absolute atomic E-state index is 0.0423. The number of amides is 2. The first-order valence-corrected chi connectivity index (χ1v) is 7.93. The van der Waals surface area contributed by atoms with Crippen molar-refractivity contribution in [2.45, 2.75) is 39.5 Å². The maximum atomic E-state index is 12.1. The van der Waals surface area contributed by atoms with Crippen LogP contribution in [0.2, 0.25) is 0 Å². The van der Waals surface area contributed by atoms with Crippen LogP contribution in [0.15, 0.2) is 24.5 Å². The molecule has 5 heteroatoms. The van der Waals surface area contributed by atoms with Crippen LogP contribution in [0.4, 0.5) is 0 Å². The summed E-state index contributed by atoms with van der Waals surface area (Å²) in [6, 6.07) is 3.92. The van der Waals surface area contributed by atoms with Crippen molar-refractivity contribution in [3.8, 4) is 0 Å². The first kappa shape index (κ1) is 18.1. The van der Waals surface area contributed by atoms with Crippen LogP contribution in [0.25, 0.3) is 0 Å². The maximum absolute atomic E-state index is 12.1. The van der Waals surface area contributed by atoms with E-state index < -0.39 is 0 Å². The van der Waals surface area contributed by atoms with E-state index in [4.69, 9.17) is 0 Å². The van der Waals surface area contributed by atoms with E-state index in [0.717, 1.165) is 25.8 Å². The van der Waals surface area contributed by atoms with Crippen molar-refractivity contribution in [3.05, 3.63) is 30.1 Å². The number of nitrogens with zero attached hydrogens (tertiary/aromatic N) is 3. The lowest BCUT2D eigenvalue weighted by Gasteiger charge is -2.23. The summed E-state index contributed by atoms with van der Waals surface area (Å²) in [5, 5.41) is 0. The molecule has 0 atom stereocenters. The van der Waals surface area contributed by atoms with Gasteiger partial charge in [0.15, 0.2) is 0 Å². The van der Waals surface area contributed by atoms with Gasteiger partial charge in [-0.25, -0.2) is 0 Å². The highest BCUT2D eigenvalue weighted by molar-refractivity contribution is 5.78. The van der Waals surface area contributed by atoms with Crippen molar-refractivity contribution < 1.29 is 9.59 Å². The second-order valence-electron chi connectivity index (χ2n) is 5.53. The Hall–Kier alpha value is -1.91. The van der Waals surface area contributed by atoms with Crippen LogP contribution in [0, 0.1) is 0 Å². The number of pyridine rings is 1. The van der Waals surface area contributed by atoms with E-state index in [2.05, 4.69) is 11.9 Å². The lowest BCUT2D eigenvalue weighted by molar-refractivity contribution is -0.132. The standard InChI is InChI=1S/C17H27N3O2/c1-4-5-12-20(15(2)21)14-9-17(22)19(3)13-8-16-6-10-18-11-7-16/h6-7,10-11H,4-5,8-9,12-14H2,1-3H3. The molecule has 0 unspecified atom stereocenters. The van der Waals surface area contributed by atoms with Gasteiger partial charge in [-0.05, 0) is 30.5 Å². The summed E-state index contributed by atoms with van der Waals surface area (Å²) in [4.78, 5) is 31.2. The van der Waals surface area contributed by atoms with E-state index in [0.29, 0.717) is 19.5 Å². The van der Waals surface area contributed by atoms with Gasteiger partial charge in [0.05, 0.1) is 0 Å². The third-order valence-corrected chi connectivity index (χ3v) is 3.73. The fourth-order valence-electron chi connectivity index (χ4n) is 2.17. The molecule has 0 N–H and O–H groups in total. The van der Waals surface area contributed by atoms with Gasteiger partial charge in [0.25, 0.3) is 0 Å². The third-order valence-electron chi connectivity index (χ3n) is 3.73. The third kappa shape index (κ3) is 6.70. The first-order chi connectivity index (χ1) is 10.5. The first-order valence-electron chi connectivity index (χ1n) is 7.93. The Morgan fingerprint density at radius 2 is 1.82 bits per heavy atom. The molecule has 0 radical (unpaired) electrons. The fourth-order valence-corrected chi connectivity index (χ4v) is 2.17. The number of carbonyl (C=O) groups excluding carboxylic acids is 2. The number of aromatic nitrogens is 1. The molecule has 1 rings (SSSR count). The van der Waals surface area contributed by atoms with Gasteiger partial charge in [0.1, 0.15) is 0 Å². The van der Waals surface area contributed by atoms with E-state index in [1.54, 1.807) is 29.1 Å².